The van der Waals surface area contributed by atoms with Crippen molar-refractivity contribution in [1.29, 1.82) is 0 Å². The summed E-state index contributed by atoms with van der Waals surface area (Å²) >= 11 is 2.70. The zero-order valence-corrected chi connectivity index (χ0v) is 9.85. The fourth-order valence-electron chi connectivity index (χ4n) is 1.11. The first-order valence-corrected chi connectivity index (χ1v) is 6.31. The summed E-state index contributed by atoms with van der Waals surface area (Å²) in [7, 11) is 0. The van der Waals surface area contributed by atoms with E-state index in [1.165, 1.54) is 6.20 Å². The van der Waals surface area contributed by atoms with E-state index in [-0.39, 0.29) is 4.88 Å². The molecule has 0 atom stereocenters. The lowest BCUT2D eigenvalue weighted by Gasteiger charge is -1.99. The summed E-state index contributed by atoms with van der Waals surface area (Å²) in [6.07, 6.45) is 2.17. The highest BCUT2D eigenvalue weighted by atomic mass is 32.1. The van der Waals surface area contributed by atoms with Gasteiger partial charge in [0.15, 0.2) is 5.13 Å². The molecule has 2 aromatic heterocycles. The zero-order chi connectivity index (χ0) is 11.4. The summed E-state index contributed by atoms with van der Waals surface area (Å²) < 4.78 is 0. The monoisotopic (exact) mass is 255 g/mol. The third-order valence-electron chi connectivity index (χ3n) is 1.86. The van der Waals surface area contributed by atoms with E-state index in [2.05, 4.69) is 15.3 Å². The highest BCUT2D eigenvalue weighted by Gasteiger charge is 2.07. The van der Waals surface area contributed by atoms with Crippen molar-refractivity contribution < 1.29 is 9.90 Å². The van der Waals surface area contributed by atoms with E-state index in [0.29, 0.717) is 11.7 Å². The second-order valence-corrected chi connectivity index (χ2v) is 4.74. The van der Waals surface area contributed by atoms with E-state index in [4.69, 9.17) is 5.11 Å². The molecule has 0 aliphatic heterocycles. The lowest BCUT2D eigenvalue weighted by molar-refractivity contribution is 0.0702. The normalized spacial score (nSPS) is 10.2. The molecule has 0 amide bonds. The minimum atomic E-state index is -0.940. The van der Waals surface area contributed by atoms with Gasteiger partial charge in [0.05, 0.1) is 17.4 Å². The quantitative estimate of drug-likeness (QED) is 0.854. The molecule has 7 heteroatoms. The molecule has 0 unspecified atom stereocenters. The average Bonchev–Trinajstić information content (AvgIpc) is 2.87. The van der Waals surface area contributed by atoms with Crippen molar-refractivity contribution >= 4 is 33.8 Å². The van der Waals surface area contributed by atoms with Crippen molar-refractivity contribution in [3.63, 3.8) is 0 Å². The summed E-state index contributed by atoms with van der Waals surface area (Å²) in [6, 6.07) is 0. The maximum absolute atomic E-state index is 10.6. The zero-order valence-electron chi connectivity index (χ0n) is 8.21. The van der Waals surface area contributed by atoms with Crippen LogP contribution in [0.1, 0.15) is 15.4 Å². The van der Waals surface area contributed by atoms with E-state index in [9.17, 15) is 4.79 Å². The molecular formula is C9H9N3O2S2. The van der Waals surface area contributed by atoms with Gasteiger partial charge in [0.1, 0.15) is 4.88 Å². The predicted molar refractivity (Wildman–Crippen MR) is 63.4 cm³/mol. The number of anilines is 1. The molecule has 16 heavy (non-hydrogen) atoms. The predicted octanol–water partition coefficient (Wildman–Crippen LogP) is 1.95. The number of hydrogen-bond acceptors (Lipinski definition) is 6. The highest BCUT2D eigenvalue weighted by Crippen LogP contribution is 2.17. The third kappa shape index (κ3) is 2.77. The van der Waals surface area contributed by atoms with E-state index in [1.807, 2.05) is 5.38 Å². The van der Waals surface area contributed by atoms with Crippen LogP contribution in [0.3, 0.4) is 0 Å². The third-order valence-corrected chi connectivity index (χ3v) is 3.44. The molecule has 2 rings (SSSR count). The van der Waals surface area contributed by atoms with Crippen molar-refractivity contribution in [3.8, 4) is 0 Å². The Morgan fingerprint density at radius 1 is 1.50 bits per heavy atom. The summed E-state index contributed by atoms with van der Waals surface area (Å²) in [5.74, 6) is -0.940. The van der Waals surface area contributed by atoms with Crippen LogP contribution in [0.5, 0.6) is 0 Å². The van der Waals surface area contributed by atoms with Gasteiger partial charge in [-0.05, 0) is 0 Å². The van der Waals surface area contributed by atoms with Crippen molar-refractivity contribution in [2.75, 3.05) is 11.9 Å². The van der Waals surface area contributed by atoms with Crippen LogP contribution in [0.15, 0.2) is 17.1 Å². The molecule has 0 saturated carbocycles. The van der Waals surface area contributed by atoms with Gasteiger partial charge in [0.25, 0.3) is 0 Å². The van der Waals surface area contributed by atoms with Crippen molar-refractivity contribution in [2.45, 2.75) is 6.42 Å². The van der Waals surface area contributed by atoms with Gasteiger partial charge < -0.3 is 10.4 Å². The van der Waals surface area contributed by atoms with E-state index in [1.54, 1.807) is 16.8 Å². The lowest BCUT2D eigenvalue weighted by Crippen LogP contribution is -2.04. The number of rotatable bonds is 5. The van der Waals surface area contributed by atoms with E-state index < -0.39 is 5.97 Å². The summed E-state index contributed by atoms with van der Waals surface area (Å²) in [4.78, 5) is 19.0. The summed E-state index contributed by atoms with van der Waals surface area (Å²) in [6.45, 7) is 0.705. The summed E-state index contributed by atoms with van der Waals surface area (Å²) in [5.41, 5.74) is 2.83. The first kappa shape index (κ1) is 11.0. The number of carboxylic acid groups (broad SMARTS) is 1. The molecule has 2 aromatic rings. The Balaban J connectivity index is 1.83. The van der Waals surface area contributed by atoms with Gasteiger partial charge in [-0.25, -0.2) is 14.8 Å². The number of aromatic carboxylic acids is 1. The average molecular weight is 255 g/mol. The molecule has 0 fully saturated rings. The van der Waals surface area contributed by atoms with Crippen LogP contribution in [0.4, 0.5) is 5.13 Å². The Kier molecular flexibility index (Phi) is 3.47. The second kappa shape index (κ2) is 5.04. The number of nitrogens with zero attached hydrogens (tertiary/aromatic N) is 2. The van der Waals surface area contributed by atoms with Crippen LogP contribution in [-0.4, -0.2) is 27.6 Å². The molecule has 0 aliphatic carbocycles. The Morgan fingerprint density at radius 2 is 2.38 bits per heavy atom. The molecule has 0 aliphatic rings. The standard InChI is InChI=1S/C9H9N3O2S2/c13-8(14)7-3-11-9(16-7)10-2-1-6-4-15-5-12-6/h3-5H,1-2H2,(H,10,11)(H,13,14). The topological polar surface area (TPSA) is 75.1 Å². The molecule has 0 radical (unpaired) electrons. The van der Waals surface area contributed by atoms with Crippen LogP contribution >= 0.6 is 22.7 Å². The maximum Gasteiger partial charge on any atom is 0.347 e. The number of nitrogens with one attached hydrogen (secondary N) is 1. The lowest BCUT2D eigenvalue weighted by atomic mass is 10.3. The Labute approximate surface area is 99.8 Å². The summed E-state index contributed by atoms with van der Waals surface area (Å²) in [5, 5.41) is 14.4. The number of thiazole rings is 2. The second-order valence-electron chi connectivity index (χ2n) is 2.99. The van der Waals surface area contributed by atoms with Crippen molar-refractivity contribution in [2.24, 2.45) is 0 Å². The Bertz CT molecular complexity index is 467. The number of carbonyl (C=O) groups is 1. The first-order chi connectivity index (χ1) is 7.75. The highest BCUT2D eigenvalue weighted by molar-refractivity contribution is 7.17. The molecule has 0 spiro atoms. The van der Waals surface area contributed by atoms with Crippen LogP contribution in [0.2, 0.25) is 0 Å². The van der Waals surface area contributed by atoms with Gasteiger partial charge in [0, 0.05) is 18.3 Å². The van der Waals surface area contributed by atoms with Crippen molar-refractivity contribution in [1.82, 2.24) is 9.97 Å². The number of carboxylic acids is 1. The molecule has 84 valence electrons. The van der Waals surface area contributed by atoms with Gasteiger partial charge in [-0.1, -0.05) is 11.3 Å². The largest absolute Gasteiger partial charge is 0.477 e. The maximum atomic E-state index is 10.6. The van der Waals surface area contributed by atoms with Gasteiger partial charge >= 0.3 is 5.97 Å². The fourth-order valence-corrected chi connectivity index (χ4v) is 2.39. The number of hydrogen-bond donors (Lipinski definition) is 2. The molecule has 0 aromatic carbocycles. The molecule has 2 heterocycles. The minimum Gasteiger partial charge on any atom is -0.477 e. The van der Waals surface area contributed by atoms with Gasteiger partial charge in [-0.15, -0.1) is 11.3 Å². The Hall–Kier alpha value is -1.47. The molecule has 0 saturated heterocycles. The molecule has 5 nitrogen and oxygen atoms in total. The number of aromatic nitrogens is 2. The van der Waals surface area contributed by atoms with E-state index >= 15 is 0 Å². The minimum absolute atomic E-state index is 0.246. The van der Waals surface area contributed by atoms with Crippen LogP contribution in [0.25, 0.3) is 0 Å². The van der Waals surface area contributed by atoms with Crippen LogP contribution in [0, 0.1) is 0 Å². The van der Waals surface area contributed by atoms with Crippen LogP contribution in [-0.2, 0) is 6.42 Å². The van der Waals surface area contributed by atoms with Crippen LogP contribution < -0.4 is 5.32 Å². The first-order valence-electron chi connectivity index (χ1n) is 4.56. The smallest absolute Gasteiger partial charge is 0.347 e. The Morgan fingerprint density at radius 3 is 3.00 bits per heavy atom. The van der Waals surface area contributed by atoms with Gasteiger partial charge in [-0.3, -0.25) is 0 Å². The van der Waals surface area contributed by atoms with Crippen molar-refractivity contribution in [3.05, 3.63) is 27.7 Å². The van der Waals surface area contributed by atoms with Gasteiger partial charge in [-0.2, -0.15) is 0 Å². The van der Waals surface area contributed by atoms with Gasteiger partial charge in [0.2, 0.25) is 0 Å². The fraction of sp³-hybridized carbons (Fsp3) is 0.222. The molecular weight excluding hydrogens is 246 g/mol. The van der Waals surface area contributed by atoms with E-state index in [0.717, 1.165) is 23.5 Å². The molecule has 2 N–H and O–H groups in total. The molecule has 0 bridgehead atoms. The SMILES string of the molecule is O=C(O)c1cnc(NCCc2cscn2)s1.